The predicted octanol–water partition coefficient (Wildman–Crippen LogP) is 4.44. The Morgan fingerprint density at radius 1 is 1.05 bits per heavy atom. The van der Waals surface area contributed by atoms with Gasteiger partial charge in [-0.2, -0.15) is 0 Å². The largest absolute Gasteiger partial charge is 0.308 e. The lowest BCUT2D eigenvalue weighted by molar-refractivity contribution is 0.189. The highest BCUT2D eigenvalue weighted by Gasteiger charge is 2.12. The summed E-state index contributed by atoms with van der Waals surface area (Å²) in [5.41, 5.74) is 2.95. The average molecular weight is 290 g/mol. The lowest BCUT2D eigenvalue weighted by atomic mass is 10.1. The minimum Gasteiger partial charge on any atom is -0.308 e. The molecule has 0 aliphatic rings. The fourth-order valence-electron chi connectivity index (χ4n) is 2.37. The predicted molar refractivity (Wildman–Crippen MR) is 93.4 cm³/mol. The number of rotatable bonds is 7. The van der Waals surface area contributed by atoms with Gasteiger partial charge in [0, 0.05) is 31.2 Å². The minimum absolute atomic E-state index is 0.164. The van der Waals surface area contributed by atoms with Crippen LogP contribution in [0.2, 0.25) is 0 Å². The van der Waals surface area contributed by atoms with Gasteiger partial charge in [0.05, 0.1) is 0 Å². The van der Waals surface area contributed by atoms with Gasteiger partial charge in [-0.3, -0.25) is 4.90 Å². The molecule has 1 aromatic rings. The van der Waals surface area contributed by atoms with Gasteiger partial charge in [-0.1, -0.05) is 38.1 Å². The van der Waals surface area contributed by atoms with Gasteiger partial charge in [0.1, 0.15) is 0 Å². The maximum atomic E-state index is 3.56. The van der Waals surface area contributed by atoms with Crippen molar-refractivity contribution >= 4 is 0 Å². The molecule has 21 heavy (non-hydrogen) atoms. The Morgan fingerprint density at radius 3 is 2.19 bits per heavy atom. The van der Waals surface area contributed by atoms with Crippen molar-refractivity contribution in [3.63, 3.8) is 0 Å². The summed E-state index contributed by atoms with van der Waals surface area (Å²) in [6.07, 6.45) is 0. The molecule has 2 nitrogen and oxygen atoms in total. The van der Waals surface area contributed by atoms with Gasteiger partial charge in [0.2, 0.25) is 0 Å². The van der Waals surface area contributed by atoms with Crippen molar-refractivity contribution in [1.82, 2.24) is 10.2 Å². The lowest BCUT2D eigenvalue weighted by Crippen LogP contribution is -2.35. The highest BCUT2D eigenvalue weighted by molar-refractivity contribution is 5.23. The van der Waals surface area contributed by atoms with Crippen molar-refractivity contribution in [1.29, 1.82) is 0 Å². The van der Waals surface area contributed by atoms with Crippen molar-refractivity contribution in [2.75, 3.05) is 6.54 Å². The van der Waals surface area contributed by atoms with E-state index < -0.39 is 0 Å². The quantitative estimate of drug-likeness (QED) is 0.798. The Kier molecular flexibility index (Phi) is 6.89. The summed E-state index contributed by atoms with van der Waals surface area (Å²) in [6, 6.07) is 9.57. The minimum atomic E-state index is 0.164. The van der Waals surface area contributed by atoms with E-state index in [9.17, 15) is 0 Å². The van der Waals surface area contributed by atoms with Crippen LogP contribution in [0.25, 0.3) is 0 Å². The second-order valence-corrected chi connectivity index (χ2v) is 7.84. The molecule has 1 N–H and O–H groups in total. The van der Waals surface area contributed by atoms with E-state index in [0.29, 0.717) is 12.0 Å². The molecule has 0 unspecified atom stereocenters. The van der Waals surface area contributed by atoms with Crippen LogP contribution < -0.4 is 5.32 Å². The Hall–Kier alpha value is -0.860. The zero-order valence-corrected chi connectivity index (χ0v) is 15.0. The molecule has 120 valence electrons. The van der Waals surface area contributed by atoms with Crippen molar-refractivity contribution in [3.05, 3.63) is 35.4 Å². The van der Waals surface area contributed by atoms with E-state index in [-0.39, 0.29) is 5.54 Å². The molecule has 0 aliphatic heterocycles. The third-order valence-electron chi connectivity index (χ3n) is 3.53. The molecular formula is C19H34N2. The van der Waals surface area contributed by atoms with Gasteiger partial charge in [0.25, 0.3) is 0 Å². The molecule has 0 saturated carbocycles. The Bertz CT molecular complexity index is 416. The Labute approximate surface area is 131 Å². The van der Waals surface area contributed by atoms with Gasteiger partial charge in [-0.25, -0.2) is 0 Å². The smallest absolute Gasteiger partial charge is 0.0236 e. The van der Waals surface area contributed by atoms with Gasteiger partial charge in [-0.15, -0.1) is 0 Å². The second-order valence-electron chi connectivity index (χ2n) is 7.84. The highest BCUT2D eigenvalue weighted by Crippen LogP contribution is 2.13. The Balaban J connectivity index is 2.70. The van der Waals surface area contributed by atoms with Gasteiger partial charge in [0.15, 0.2) is 0 Å². The molecule has 0 spiro atoms. The van der Waals surface area contributed by atoms with Gasteiger partial charge >= 0.3 is 0 Å². The number of nitrogens with zero attached hydrogens (tertiary/aromatic N) is 1. The maximum absolute atomic E-state index is 3.56. The molecule has 0 aliphatic carbocycles. The molecule has 0 aromatic heterocycles. The van der Waals surface area contributed by atoms with Gasteiger partial charge < -0.3 is 5.32 Å². The number of nitrogens with one attached hydrogen (secondary N) is 1. The summed E-state index contributed by atoms with van der Waals surface area (Å²) < 4.78 is 0. The summed E-state index contributed by atoms with van der Waals surface area (Å²) in [7, 11) is 0. The van der Waals surface area contributed by atoms with E-state index in [2.05, 4.69) is 82.9 Å². The summed E-state index contributed by atoms with van der Waals surface area (Å²) in [6.45, 7) is 18.9. The fourth-order valence-corrected chi connectivity index (χ4v) is 2.37. The van der Waals surface area contributed by atoms with E-state index in [4.69, 9.17) is 0 Å². The monoisotopic (exact) mass is 290 g/mol. The second kappa shape index (κ2) is 7.95. The van der Waals surface area contributed by atoms with Crippen LogP contribution in [0.3, 0.4) is 0 Å². The normalized spacial score (nSPS) is 12.7. The fraction of sp³-hybridized carbons (Fsp3) is 0.684. The topological polar surface area (TPSA) is 15.3 Å². The van der Waals surface area contributed by atoms with Gasteiger partial charge in [-0.05, 0) is 51.7 Å². The molecule has 1 rings (SSSR count). The van der Waals surface area contributed by atoms with Crippen LogP contribution in [0.1, 0.15) is 59.6 Å². The third-order valence-corrected chi connectivity index (χ3v) is 3.53. The van der Waals surface area contributed by atoms with Crippen LogP contribution in [0.5, 0.6) is 0 Å². The van der Waals surface area contributed by atoms with E-state index in [0.717, 1.165) is 19.6 Å². The van der Waals surface area contributed by atoms with E-state index in [1.54, 1.807) is 0 Å². The molecule has 1 aromatic carbocycles. The van der Waals surface area contributed by atoms with Crippen LogP contribution in [0, 0.1) is 5.92 Å². The number of benzene rings is 1. The number of hydrogen-bond acceptors (Lipinski definition) is 2. The van der Waals surface area contributed by atoms with Crippen LogP contribution in [0.4, 0.5) is 0 Å². The SMILES string of the molecule is CC(C)CN(Cc1cccc(CNC(C)(C)C)c1)C(C)C. The Morgan fingerprint density at radius 2 is 1.67 bits per heavy atom. The average Bonchev–Trinajstić information content (AvgIpc) is 2.34. The first-order valence-corrected chi connectivity index (χ1v) is 8.24. The molecule has 0 heterocycles. The molecule has 0 atom stereocenters. The van der Waals surface area contributed by atoms with Crippen LogP contribution in [0.15, 0.2) is 24.3 Å². The molecular weight excluding hydrogens is 256 g/mol. The summed E-state index contributed by atoms with van der Waals surface area (Å²) in [5, 5.41) is 3.56. The zero-order chi connectivity index (χ0) is 16.0. The van der Waals surface area contributed by atoms with Crippen molar-refractivity contribution in [3.8, 4) is 0 Å². The molecule has 0 radical (unpaired) electrons. The van der Waals surface area contributed by atoms with Crippen LogP contribution >= 0.6 is 0 Å². The van der Waals surface area contributed by atoms with Crippen molar-refractivity contribution < 1.29 is 0 Å². The van der Waals surface area contributed by atoms with Crippen molar-refractivity contribution in [2.24, 2.45) is 5.92 Å². The molecule has 0 amide bonds. The van der Waals surface area contributed by atoms with Crippen molar-refractivity contribution in [2.45, 2.75) is 73.1 Å². The summed E-state index contributed by atoms with van der Waals surface area (Å²) in [4.78, 5) is 2.56. The summed E-state index contributed by atoms with van der Waals surface area (Å²) >= 11 is 0. The maximum Gasteiger partial charge on any atom is 0.0236 e. The first kappa shape index (κ1) is 18.2. The van der Waals surface area contributed by atoms with Crippen LogP contribution in [-0.4, -0.2) is 23.0 Å². The number of hydrogen-bond donors (Lipinski definition) is 1. The molecule has 2 heteroatoms. The van der Waals surface area contributed by atoms with Crippen LogP contribution in [-0.2, 0) is 13.1 Å². The summed E-state index contributed by atoms with van der Waals surface area (Å²) in [5.74, 6) is 0.707. The third kappa shape index (κ3) is 7.63. The standard InChI is InChI=1S/C19H34N2/c1-15(2)13-21(16(3)4)14-18-10-8-9-17(11-18)12-20-19(5,6)7/h8-11,15-16,20H,12-14H2,1-7H3. The molecule has 0 saturated heterocycles. The lowest BCUT2D eigenvalue weighted by Gasteiger charge is -2.28. The van der Waals surface area contributed by atoms with E-state index in [1.165, 1.54) is 11.1 Å². The molecule has 0 fully saturated rings. The zero-order valence-electron chi connectivity index (χ0n) is 15.0. The highest BCUT2D eigenvalue weighted by atomic mass is 15.1. The van der Waals surface area contributed by atoms with E-state index >= 15 is 0 Å². The first-order chi connectivity index (χ1) is 9.67. The molecule has 0 bridgehead atoms. The first-order valence-electron chi connectivity index (χ1n) is 8.24. The van der Waals surface area contributed by atoms with E-state index in [1.807, 2.05) is 0 Å².